The van der Waals surface area contributed by atoms with Crippen LogP contribution in [0.15, 0.2) is 12.3 Å². The third-order valence-electron chi connectivity index (χ3n) is 0.492. The minimum atomic E-state index is -0.0826. The van der Waals surface area contributed by atoms with E-state index in [-0.39, 0.29) is 19.0 Å². The van der Waals surface area contributed by atoms with E-state index in [1.807, 2.05) is 0 Å². The van der Waals surface area contributed by atoms with Crippen molar-refractivity contribution in [2.24, 2.45) is 0 Å². The van der Waals surface area contributed by atoms with Crippen LogP contribution in [-0.4, -0.2) is 18.3 Å². The van der Waals surface area contributed by atoms with Gasteiger partial charge < -0.3 is 9.84 Å². The summed E-state index contributed by atoms with van der Waals surface area (Å²) in [5, 5.41) is 16.1. The molecule has 0 bridgehead atoms. The quantitative estimate of drug-likeness (QED) is 0.415. The molecule has 3 nitrogen and oxygen atoms in total. The van der Waals surface area contributed by atoms with Crippen LogP contribution in [0.1, 0.15) is 0 Å². The van der Waals surface area contributed by atoms with Crippen LogP contribution in [0.2, 0.25) is 0 Å². The van der Waals surface area contributed by atoms with E-state index in [1.165, 1.54) is 0 Å². The third kappa shape index (κ3) is 3.19. The fraction of sp³-hybridized carbons (Fsp3) is 0.400. The Morgan fingerprint density at radius 1 is 1.88 bits per heavy atom. The van der Waals surface area contributed by atoms with Gasteiger partial charge in [0.15, 0.2) is 5.76 Å². The van der Waals surface area contributed by atoms with E-state index in [9.17, 15) is 0 Å². The first kappa shape index (κ1) is 6.99. The summed E-state index contributed by atoms with van der Waals surface area (Å²) >= 11 is 0. The zero-order chi connectivity index (χ0) is 6.41. The van der Waals surface area contributed by atoms with Crippen molar-refractivity contribution in [2.75, 3.05) is 13.2 Å². The van der Waals surface area contributed by atoms with Crippen LogP contribution in [0.3, 0.4) is 0 Å². The van der Waals surface area contributed by atoms with E-state index in [2.05, 4.69) is 11.3 Å². The summed E-state index contributed by atoms with van der Waals surface area (Å²) in [5.74, 6) is 0.0408. The molecule has 0 saturated carbocycles. The zero-order valence-electron chi connectivity index (χ0n) is 4.42. The summed E-state index contributed by atoms with van der Waals surface area (Å²) in [6.45, 7) is 3.28. The van der Waals surface area contributed by atoms with Crippen LogP contribution in [0, 0.1) is 11.3 Å². The van der Waals surface area contributed by atoms with Gasteiger partial charge >= 0.3 is 0 Å². The van der Waals surface area contributed by atoms with E-state index in [4.69, 9.17) is 10.4 Å². The molecule has 0 aromatic rings. The van der Waals surface area contributed by atoms with Gasteiger partial charge in [-0.3, -0.25) is 0 Å². The van der Waals surface area contributed by atoms with Gasteiger partial charge in [0, 0.05) is 0 Å². The highest BCUT2D eigenvalue weighted by atomic mass is 16.5. The summed E-state index contributed by atoms with van der Waals surface area (Å²) < 4.78 is 4.53. The molecule has 0 aliphatic carbocycles. The first-order valence-corrected chi connectivity index (χ1v) is 2.14. The van der Waals surface area contributed by atoms with Gasteiger partial charge in [-0.1, -0.05) is 0 Å². The van der Waals surface area contributed by atoms with Gasteiger partial charge in [0.25, 0.3) is 0 Å². The van der Waals surface area contributed by atoms with E-state index in [0.29, 0.717) is 0 Å². The summed E-state index contributed by atoms with van der Waals surface area (Å²) in [6, 6.07) is 1.67. The Balaban J connectivity index is 3.16. The summed E-state index contributed by atoms with van der Waals surface area (Å²) in [5.41, 5.74) is 0. The zero-order valence-corrected chi connectivity index (χ0v) is 4.42. The molecule has 44 valence electrons. The van der Waals surface area contributed by atoms with Gasteiger partial charge in [0.05, 0.1) is 6.61 Å². The SMILES string of the molecule is C=C(C#N)OCCO. The molecule has 3 heteroatoms. The molecule has 0 heterocycles. The lowest BCUT2D eigenvalue weighted by atomic mass is 10.6. The van der Waals surface area contributed by atoms with E-state index >= 15 is 0 Å². The summed E-state index contributed by atoms with van der Waals surface area (Å²) in [6.07, 6.45) is 0. The Kier molecular flexibility index (Phi) is 3.63. The Morgan fingerprint density at radius 3 is 2.88 bits per heavy atom. The van der Waals surface area contributed by atoms with Crippen LogP contribution < -0.4 is 0 Å². The number of hydrogen-bond acceptors (Lipinski definition) is 3. The molecule has 0 saturated heterocycles. The molecule has 0 aliphatic heterocycles. The van der Waals surface area contributed by atoms with Crippen molar-refractivity contribution < 1.29 is 9.84 Å². The minimum Gasteiger partial charge on any atom is -0.482 e. The summed E-state index contributed by atoms with van der Waals surface area (Å²) in [4.78, 5) is 0. The number of nitrogens with zero attached hydrogens (tertiary/aromatic N) is 1. The van der Waals surface area contributed by atoms with Crippen LogP contribution >= 0.6 is 0 Å². The second-order valence-electron chi connectivity index (χ2n) is 1.11. The van der Waals surface area contributed by atoms with E-state index in [1.54, 1.807) is 6.07 Å². The van der Waals surface area contributed by atoms with Crippen LogP contribution in [0.25, 0.3) is 0 Å². The van der Waals surface area contributed by atoms with Gasteiger partial charge in [-0.2, -0.15) is 5.26 Å². The monoisotopic (exact) mass is 113 g/mol. The highest BCUT2D eigenvalue weighted by molar-refractivity contribution is 5.06. The first-order valence-electron chi connectivity index (χ1n) is 2.14. The Morgan fingerprint density at radius 2 is 2.50 bits per heavy atom. The highest BCUT2D eigenvalue weighted by Gasteiger charge is 1.86. The van der Waals surface area contributed by atoms with Crippen LogP contribution in [-0.2, 0) is 4.74 Å². The average Bonchev–Trinajstić information content (AvgIpc) is 1.83. The van der Waals surface area contributed by atoms with Gasteiger partial charge in [0.1, 0.15) is 12.7 Å². The molecule has 0 amide bonds. The Labute approximate surface area is 47.8 Å². The fourth-order valence-electron chi connectivity index (χ4n) is 0.201. The molecule has 0 radical (unpaired) electrons. The van der Waals surface area contributed by atoms with E-state index < -0.39 is 0 Å². The molecule has 8 heavy (non-hydrogen) atoms. The van der Waals surface area contributed by atoms with Gasteiger partial charge in [-0.25, -0.2) is 0 Å². The van der Waals surface area contributed by atoms with Crippen molar-refractivity contribution in [1.29, 1.82) is 5.26 Å². The molecule has 0 rings (SSSR count). The predicted octanol–water partition coefficient (Wildman–Crippen LogP) is 0.0326. The molecule has 0 fully saturated rings. The van der Waals surface area contributed by atoms with Crippen molar-refractivity contribution >= 4 is 0 Å². The van der Waals surface area contributed by atoms with Crippen molar-refractivity contribution in [1.82, 2.24) is 0 Å². The number of nitriles is 1. The lowest BCUT2D eigenvalue weighted by Crippen LogP contribution is -1.96. The maximum Gasteiger partial charge on any atom is 0.189 e. The molecular weight excluding hydrogens is 106 g/mol. The maximum atomic E-state index is 8.14. The molecule has 0 spiro atoms. The van der Waals surface area contributed by atoms with Crippen molar-refractivity contribution in [2.45, 2.75) is 0 Å². The van der Waals surface area contributed by atoms with Gasteiger partial charge in [-0.05, 0) is 6.58 Å². The number of allylic oxidation sites excluding steroid dienone is 1. The normalized spacial score (nSPS) is 7.50. The third-order valence-corrected chi connectivity index (χ3v) is 0.492. The smallest absolute Gasteiger partial charge is 0.189 e. The standard InChI is InChI=1S/C5H7NO2/c1-5(4-6)8-3-2-7/h7H,1-3H2. The topological polar surface area (TPSA) is 53.2 Å². The highest BCUT2D eigenvalue weighted by Crippen LogP contribution is 1.86. The Hall–Kier alpha value is -1.01. The number of aliphatic hydroxyl groups excluding tert-OH is 1. The first-order chi connectivity index (χ1) is 3.81. The number of ether oxygens (including phenoxy) is 1. The lowest BCUT2D eigenvalue weighted by molar-refractivity contribution is 0.154. The number of hydrogen-bond donors (Lipinski definition) is 1. The fourth-order valence-corrected chi connectivity index (χ4v) is 0.201. The summed E-state index contributed by atoms with van der Waals surface area (Å²) in [7, 11) is 0. The molecule has 0 atom stereocenters. The maximum absolute atomic E-state index is 8.14. The van der Waals surface area contributed by atoms with Gasteiger partial charge in [0.2, 0.25) is 0 Å². The Bertz CT molecular complexity index is 114. The van der Waals surface area contributed by atoms with Crippen molar-refractivity contribution in [3.8, 4) is 6.07 Å². The molecule has 0 aromatic heterocycles. The molecule has 1 N–H and O–H groups in total. The minimum absolute atomic E-state index is 0.0408. The van der Waals surface area contributed by atoms with Crippen LogP contribution in [0.4, 0.5) is 0 Å². The molecule has 0 aromatic carbocycles. The molecule has 0 unspecified atom stereocenters. The van der Waals surface area contributed by atoms with E-state index in [0.717, 1.165) is 0 Å². The number of rotatable bonds is 3. The van der Waals surface area contributed by atoms with Gasteiger partial charge in [-0.15, -0.1) is 0 Å². The van der Waals surface area contributed by atoms with Crippen molar-refractivity contribution in [3.63, 3.8) is 0 Å². The largest absolute Gasteiger partial charge is 0.482 e. The molecular formula is C5H7NO2. The lowest BCUT2D eigenvalue weighted by Gasteiger charge is -1.96. The number of aliphatic hydroxyl groups is 1. The predicted molar refractivity (Wildman–Crippen MR) is 27.8 cm³/mol. The van der Waals surface area contributed by atoms with Crippen LogP contribution in [0.5, 0.6) is 0 Å². The molecule has 0 aliphatic rings. The second-order valence-corrected chi connectivity index (χ2v) is 1.11. The second kappa shape index (κ2) is 4.16. The average molecular weight is 113 g/mol. The van der Waals surface area contributed by atoms with Crippen molar-refractivity contribution in [3.05, 3.63) is 12.3 Å².